The van der Waals surface area contributed by atoms with Gasteiger partial charge in [0, 0.05) is 5.69 Å². The highest BCUT2D eigenvalue weighted by molar-refractivity contribution is 6.31. The molecule has 0 saturated carbocycles. The number of ether oxygens (including phenoxy) is 1. The Labute approximate surface area is 96.6 Å². The third kappa shape index (κ3) is 2.14. The number of hydrogen-bond donors (Lipinski definition) is 0. The van der Waals surface area contributed by atoms with Gasteiger partial charge in [0.2, 0.25) is 0 Å². The van der Waals surface area contributed by atoms with Crippen LogP contribution >= 0.6 is 11.6 Å². The van der Waals surface area contributed by atoms with Gasteiger partial charge in [0.15, 0.2) is 0 Å². The van der Waals surface area contributed by atoms with Crippen LogP contribution in [0.3, 0.4) is 0 Å². The highest BCUT2D eigenvalue weighted by atomic mass is 35.5. The Balaban J connectivity index is 3.50. The number of esters is 1. The summed E-state index contributed by atoms with van der Waals surface area (Å²) in [5.41, 5.74) is -0.327. The van der Waals surface area contributed by atoms with Crippen molar-refractivity contribution in [3.8, 4) is 0 Å². The first-order chi connectivity index (χ1) is 7.52. The molecule has 0 N–H and O–H groups in total. The lowest BCUT2D eigenvalue weighted by molar-refractivity contribution is -0.108. The lowest BCUT2D eigenvalue weighted by Gasteiger charge is -2.09. The molecule has 5 nitrogen and oxygen atoms in total. The molecule has 0 aliphatic rings. The molecule has 1 rings (SSSR count). The number of carbonyl (C=O) groups is 2. The first kappa shape index (κ1) is 12.4. The minimum atomic E-state index is -0.772. The van der Waals surface area contributed by atoms with Crippen LogP contribution < -0.4 is 5.56 Å². The van der Waals surface area contributed by atoms with E-state index < -0.39 is 11.5 Å². The van der Waals surface area contributed by atoms with Gasteiger partial charge in [-0.15, -0.1) is 0 Å². The normalized spacial score (nSPS) is 9.94. The Bertz CT molecular complexity index is 492. The highest BCUT2D eigenvalue weighted by Gasteiger charge is 2.16. The molecule has 16 heavy (non-hydrogen) atoms. The average Bonchev–Trinajstić information content (AvgIpc) is 2.28. The van der Waals surface area contributed by atoms with E-state index in [0.717, 1.165) is 4.57 Å². The molecule has 0 unspecified atom stereocenters. The van der Waals surface area contributed by atoms with Crippen LogP contribution in [-0.4, -0.2) is 23.9 Å². The van der Waals surface area contributed by atoms with Gasteiger partial charge in [-0.25, -0.2) is 4.79 Å². The number of carbonyl (C=O) groups excluding carboxylic acids is 2. The summed E-state index contributed by atoms with van der Waals surface area (Å²) >= 11 is 5.84. The number of aromatic nitrogens is 1. The quantitative estimate of drug-likeness (QED) is 0.582. The largest absolute Gasteiger partial charge is 0.465 e. The molecule has 0 amide bonds. The molecule has 0 spiro atoms. The van der Waals surface area contributed by atoms with Crippen LogP contribution in [0.25, 0.3) is 0 Å². The van der Waals surface area contributed by atoms with Gasteiger partial charge in [0.1, 0.15) is 11.8 Å². The third-order valence-corrected chi connectivity index (χ3v) is 2.54. The molecular formula is C10H10ClNO4. The average molecular weight is 244 g/mol. The number of rotatable bonds is 3. The smallest absolute Gasteiger partial charge is 0.343 e. The molecule has 0 radical (unpaired) electrons. The topological polar surface area (TPSA) is 65.4 Å². The Kier molecular flexibility index (Phi) is 3.84. The molecule has 0 fully saturated rings. The minimum absolute atomic E-state index is 0.144. The summed E-state index contributed by atoms with van der Waals surface area (Å²) < 4.78 is 5.57. The van der Waals surface area contributed by atoms with Gasteiger partial charge in [-0.1, -0.05) is 11.6 Å². The van der Waals surface area contributed by atoms with E-state index in [1.165, 1.54) is 13.2 Å². The first-order valence-corrected chi connectivity index (χ1v) is 4.82. The highest BCUT2D eigenvalue weighted by Crippen LogP contribution is 2.14. The van der Waals surface area contributed by atoms with Gasteiger partial charge >= 0.3 is 5.97 Å². The number of aldehydes is 1. The Hall–Kier alpha value is -1.62. The fourth-order valence-electron chi connectivity index (χ4n) is 1.27. The molecule has 1 aromatic heterocycles. The Morgan fingerprint density at radius 1 is 1.62 bits per heavy atom. The van der Waals surface area contributed by atoms with E-state index in [4.69, 9.17) is 11.6 Å². The summed E-state index contributed by atoms with van der Waals surface area (Å²) in [6.45, 7) is 1.45. The maximum Gasteiger partial charge on any atom is 0.343 e. The van der Waals surface area contributed by atoms with Gasteiger partial charge in [0.05, 0.1) is 18.7 Å². The summed E-state index contributed by atoms with van der Waals surface area (Å²) in [5, 5.41) is 0.238. The second-order valence-electron chi connectivity index (χ2n) is 3.07. The standard InChI is InChI=1S/C10H10ClNO4/c1-6-8(11)5-7(10(15)16-2)9(14)12(6)3-4-13/h4-5H,3H2,1-2H3. The molecule has 0 aliphatic carbocycles. The lowest BCUT2D eigenvalue weighted by atomic mass is 10.2. The van der Waals surface area contributed by atoms with Crippen molar-refractivity contribution in [2.45, 2.75) is 13.5 Å². The van der Waals surface area contributed by atoms with Crippen LogP contribution in [0.2, 0.25) is 5.02 Å². The zero-order valence-electron chi connectivity index (χ0n) is 8.82. The van der Waals surface area contributed by atoms with Crippen molar-refractivity contribution >= 4 is 23.9 Å². The van der Waals surface area contributed by atoms with Crippen LogP contribution in [-0.2, 0) is 16.1 Å². The van der Waals surface area contributed by atoms with Crippen molar-refractivity contribution in [3.63, 3.8) is 0 Å². The molecule has 86 valence electrons. The molecule has 0 bridgehead atoms. The van der Waals surface area contributed by atoms with E-state index in [2.05, 4.69) is 4.74 Å². The molecule has 0 aromatic carbocycles. The lowest BCUT2D eigenvalue weighted by Crippen LogP contribution is -2.29. The van der Waals surface area contributed by atoms with Gasteiger partial charge in [-0.3, -0.25) is 4.79 Å². The molecule has 6 heteroatoms. The van der Waals surface area contributed by atoms with E-state index >= 15 is 0 Å². The van der Waals surface area contributed by atoms with Crippen LogP contribution in [0.5, 0.6) is 0 Å². The van der Waals surface area contributed by atoms with Gasteiger partial charge in [-0.05, 0) is 13.0 Å². The number of hydrogen-bond acceptors (Lipinski definition) is 4. The van der Waals surface area contributed by atoms with Crippen LogP contribution in [0.4, 0.5) is 0 Å². The number of halogens is 1. The Morgan fingerprint density at radius 2 is 2.25 bits per heavy atom. The van der Waals surface area contributed by atoms with Crippen molar-refractivity contribution in [2.24, 2.45) is 0 Å². The van der Waals surface area contributed by atoms with E-state index in [1.807, 2.05) is 0 Å². The zero-order valence-corrected chi connectivity index (χ0v) is 9.58. The Morgan fingerprint density at radius 3 is 2.75 bits per heavy atom. The molecule has 1 aromatic rings. The predicted octanol–water partition coefficient (Wildman–Crippen LogP) is 0.796. The van der Waals surface area contributed by atoms with E-state index in [0.29, 0.717) is 12.0 Å². The van der Waals surface area contributed by atoms with Crippen molar-refractivity contribution in [1.29, 1.82) is 0 Å². The maximum absolute atomic E-state index is 11.8. The maximum atomic E-state index is 11.8. The number of nitrogens with zero attached hydrogens (tertiary/aromatic N) is 1. The predicted molar refractivity (Wildman–Crippen MR) is 57.9 cm³/mol. The van der Waals surface area contributed by atoms with Crippen molar-refractivity contribution in [1.82, 2.24) is 4.57 Å². The van der Waals surface area contributed by atoms with Crippen LogP contribution in [0, 0.1) is 6.92 Å². The van der Waals surface area contributed by atoms with Crippen molar-refractivity contribution < 1.29 is 14.3 Å². The molecular weight excluding hydrogens is 234 g/mol. The molecule has 0 saturated heterocycles. The molecule has 1 heterocycles. The van der Waals surface area contributed by atoms with Crippen molar-refractivity contribution in [2.75, 3.05) is 7.11 Å². The summed E-state index contributed by atoms with van der Waals surface area (Å²) in [6, 6.07) is 1.24. The van der Waals surface area contributed by atoms with Crippen LogP contribution in [0.1, 0.15) is 16.1 Å². The summed E-state index contributed by atoms with van der Waals surface area (Å²) in [7, 11) is 1.17. The van der Waals surface area contributed by atoms with Crippen LogP contribution in [0.15, 0.2) is 10.9 Å². The number of pyridine rings is 1. The van der Waals surface area contributed by atoms with Crippen molar-refractivity contribution in [3.05, 3.63) is 32.7 Å². The van der Waals surface area contributed by atoms with E-state index in [9.17, 15) is 14.4 Å². The van der Waals surface area contributed by atoms with E-state index in [1.54, 1.807) is 6.92 Å². The third-order valence-electron chi connectivity index (χ3n) is 2.16. The van der Waals surface area contributed by atoms with Gasteiger partial charge in [0.25, 0.3) is 5.56 Å². The second-order valence-corrected chi connectivity index (χ2v) is 3.47. The second kappa shape index (κ2) is 4.94. The summed E-state index contributed by atoms with van der Waals surface area (Å²) in [4.78, 5) is 33.5. The number of methoxy groups -OCH3 is 1. The summed E-state index contributed by atoms with van der Waals surface area (Å²) in [5.74, 6) is -0.772. The zero-order chi connectivity index (χ0) is 12.3. The van der Waals surface area contributed by atoms with Gasteiger partial charge in [-0.2, -0.15) is 0 Å². The monoisotopic (exact) mass is 243 g/mol. The fraction of sp³-hybridized carbons (Fsp3) is 0.300. The molecule has 0 atom stereocenters. The fourth-order valence-corrected chi connectivity index (χ4v) is 1.48. The first-order valence-electron chi connectivity index (χ1n) is 4.44. The summed E-state index contributed by atoms with van der Waals surface area (Å²) in [6.07, 6.45) is 0.561. The van der Waals surface area contributed by atoms with Gasteiger partial charge < -0.3 is 14.1 Å². The SMILES string of the molecule is COC(=O)c1cc(Cl)c(C)n(CC=O)c1=O. The minimum Gasteiger partial charge on any atom is -0.465 e. The van der Waals surface area contributed by atoms with E-state index in [-0.39, 0.29) is 17.1 Å². The molecule has 0 aliphatic heterocycles.